The molecule has 0 unspecified atom stereocenters. The standard InChI is InChI=1S/C23H18N2O5/c1-28-16-9-10-18(29-2)17(12-16)20-19-21(30-24-20)23(27)25(22(19)26)15-8-7-13-5-3-4-6-14(13)11-15/h3-12,19,21H,1-2H3/t19-,21+/m1/s1. The molecule has 7 heteroatoms. The van der Waals surface area contributed by atoms with E-state index in [4.69, 9.17) is 14.3 Å². The lowest BCUT2D eigenvalue weighted by molar-refractivity contribution is -0.126. The fourth-order valence-electron chi connectivity index (χ4n) is 3.98. The number of rotatable bonds is 4. The van der Waals surface area contributed by atoms with Gasteiger partial charge in [-0.1, -0.05) is 35.5 Å². The van der Waals surface area contributed by atoms with Gasteiger partial charge in [0.05, 0.1) is 19.9 Å². The maximum atomic E-state index is 13.3. The molecule has 1 saturated heterocycles. The molecule has 0 bridgehead atoms. The quantitative estimate of drug-likeness (QED) is 0.627. The topological polar surface area (TPSA) is 77.4 Å². The molecule has 2 aliphatic rings. The van der Waals surface area contributed by atoms with Crippen molar-refractivity contribution in [3.63, 3.8) is 0 Å². The molecule has 2 amide bonds. The van der Waals surface area contributed by atoms with Crippen molar-refractivity contribution < 1.29 is 23.9 Å². The molecule has 2 aliphatic heterocycles. The monoisotopic (exact) mass is 402 g/mol. The predicted octanol–water partition coefficient (Wildman–Crippen LogP) is 3.15. The van der Waals surface area contributed by atoms with E-state index in [1.54, 1.807) is 31.4 Å². The highest BCUT2D eigenvalue weighted by Crippen LogP contribution is 2.38. The maximum Gasteiger partial charge on any atom is 0.278 e. The van der Waals surface area contributed by atoms with Crippen molar-refractivity contribution in [1.82, 2.24) is 0 Å². The van der Waals surface area contributed by atoms with Gasteiger partial charge < -0.3 is 14.3 Å². The van der Waals surface area contributed by atoms with Crippen LogP contribution in [0.2, 0.25) is 0 Å². The molecule has 150 valence electrons. The zero-order valence-corrected chi connectivity index (χ0v) is 16.4. The number of ether oxygens (including phenoxy) is 2. The van der Waals surface area contributed by atoms with Crippen molar-refractivity contribution in [1.29, 1.82) is 0 Å². The Hall–Kier alpha value is -3.87. The molecule has 30 heavy (non-hydrogen) atoms. The normalized spacial score (nSPS) is 20.2. The summed E-state index contributed by atoms with van der Waals surface area (Å²) in [6.45, 7) is 0. The number of amides is 2. The average Bonchev–Trinajstić information content (AvgIpc) is 3.33. The number of fused-ring (bicyclic) bond motifs is 2. The van der Waals surface area contributed by atoms with Crippen LogP contribution in [-0.2, 0) is 14.4 Å². The number of benzene rings is 3. The van der Waals surface area contributed by atoms with Gasteiger partial charge in [-0.25, -0.2) is 4.90 Å². The number of anilines is 1. The van der Waals surface area contributed by atoms with E-state index in [1.165, 1.54) is 12.0 Å². The van der Waals surface area contributed by atoms with E-state index in [2.05, 4.69) is 5.16 Å². The van der Waals surface area contributed by atoms with E-state index in [0.717, 1.165) is 10.8 Å². The number of hydrogen-bond acceptors (Lipinski definition) is 6. The van der Waals surface area contributed by atoms with Gasteiger partial charge in [-0.3, -0.25) is 9.59 Å². The van der Waals surface area contributed by atoms with Crippen LogP contribution in [0.1, 0.15) is 5.56 Å². The van der Waals surface area contributed by atoms with Crippen LogP contribution in [0.3, 0.4) is 0 Å². The zero-order chi connectivity index (χ0) is 20.8. The minimum Gasteiger partial charge on any atom is -0.497 e. The third kappa shape index (κ3) is 2.62. The Morgan fingerprint density at radius 1 is 0.900 bits per heavy atom. The van der Waals surface area contributed by atoms with Crippen molar-refractivity contribution in [2.24, 2.45) is 11.1 Å². The van der Waals surface area contributed by atoms with Gasteiger partial charge in [-0.2, -0.15) is 0 Å². The Balaban J connectivity index is 1.55. The largest absolute Gasteiger partial charge is 0.497 e. The first-order chi connectivity index (χ1) is 14.6. The molecule has 1 fully saturated rings. The number of nitrogens with zero attached hydrogens (tertiary/aromatic N) is 2. The fourth-order valence-corrected chi connectivity index (χ4v) is 3.98. The summed E-state index contributed by atoms with van der Waals surface area (Å²) in [6.07, 6.45) is -0.991. The number of oxime groups is 1. The van der Waals surface area contributed by atoms with Crippen molar-refractivity contribution in [2.75, 3.05) is 19.1 Å². The molecule has 3 aromatic rings. The molecule has 0 saturated carbocycles. The minimum atomic E-state index is -0.991. The minimum absolute atomic E-state index is 0.359. The second-order valence-corrected chi connectivity index (χ2v) is 7.09. The molecule has 0 spiro atoms. The highest BCUT2D eigenvalue weighted by Gasteiger charge is 2.56. The number of carbonyl (C=O) groups excluding carboxylic acids is 2. The van der Waals surface area contributed by atoms with E-state index in [0.29, 0.717) is 28.5 Å². The van der Waals surface area contributed by atoms with Crippen LogP contribution in [-0.4, -0.2) is 37.8 Å². The molecule has 0 aliphatic carbocycles. The van der Waals surface area contributed by atoms with Crippen molar-refractivity contribution in [3.05, 3.63) is 66.2 Å². The fraction of sp³-hybridized carbons (Fsp3) is 0.174. The van der Waals surface area contributed by atoms with Gasteiger partial charge >= 0.3 is 0 Å². The van der Waals surface area contributed by atoms with Gasteiger partial charge in [0.2, 0.25) is 12.0 Å². The highest BCUT2D eigenvalue weighted by molar-refractivity contribution is 6.33. The number of methoxy groups -OCH3 is 2. The summed E-state index contributed by atoms with van der Waals surface area (Å²) in [7, 11) is 3.08. The molecule has 0 N–H and O–H groups in total. The van der Waals surface area contributed by atoms with Gasteiger partial charge in [0.15, 0.2) is 0 Å². The molecular weight excluding hydrogens is 384 g/mol. The van der Waals surface area contributed by atoms with Gasteiger partial charge in [0.1, 0.15) is 23.1 Å². The van der Waals surface area contributed by atoms with Crippen LogP contribution in [0.4, 0.5) is 5.69 Å². The second kappa shape index (κ2) is 6.88. The van der Waals surface area contributed by atoms with Crippen LogP contribution in [0, 0.1) is 5.92 Å². The average molecular weight is 402 g/mol. The SMILES string of the molecule is COc1ccc(OC)c(C2=NO[C@@H]3C(=O)N(c4ccc5ccccc5c4)C(=O)[C@H]23)c1. The van der Waals surface area contributed by atoms with Crippen LogP contribution >= 0.6 is 0 Å². The van der Waals surface area contributed by atoms with Crippen LogP contribution in [0.25, 0.3) is 10.8 Å². The predicted molar refractivity (Wildman–Crippen MR) is 111 cm³/mol. The van der Waals surface area contributed by atoms with Gasteiger partial charge in [0.25, 0.3) is 5.91 Å². The van der Waals surface area contributed by atoms with Crippen molar-refractivity contribution in [3.8, 4) is 11.5 Å². The van der Waals surface area contributed by atoms with E-state index in [-0.39, 0.29) is 5.91 Å². The summed E-state index contributed by atoms with van der Waals surface area (Å²) in [5.74, 6) is -0.546. The van der Waals surface area contributed by atoms with Gasteiger partial charge in [0, 0.05) is 5.56 Å². The van der Waals surface area contributed by atoms with Gasteiger partial charge in [-0.05, 0) is 41.1 Å². The van der Waals surface area contributed by atoms with E-state index < -0.39 is 17.9 Å². The van der Waals surface area contributed by atoms with Gasteiger partial charge in [-0.15, -0.1) is 0 Å². The first-order valence-electron chi connectivity index (χ1n) is 9.45. The molecule has 2 heterocycles. The first kappa shape index (κ1) is 18.2. The second-order valence-electron chi connectivity index (χ2n) is 7.09. The highest BCUT2D eigenvalue weighted by atomic mass is 16.7. The smallest absolute Gasteiger partial charge is 0.278 e. The Bertz CT molecular complexity index is 1220. The summed E-state index contributed by atoms with van der Waals surface area (Å²) >= 11 is 0. The van der Waals surface area contributed by atoms with E-state index in [1.807, 2.05) is 36.4 Å². The summed E-state index contributed by atoms with van der Waals surface area (Å²) in [5.41, 5.74) is 1.43. The number of carbonyl (C=O) groups is 2. The number of imide groups is 1. The molecule has 5 rings (SSSR count). The summed E-state index contributed by atoms with van der Waals surface area (Å²) in [5, 5.41) is 6.04. The molecule has 0 radical (unpaired) electrons. The van der Waals surface area contributed by atoms with Crippen molar-refractivity contribution >= 4 is 34.0 Å². The third-order valence-electron chi connectivity index (χ3n) is 5.49. The molecular formula is C23H18N2O5. The molecule has 2 atom stereocenters. The maximum absolute atomic E-state index is 13.3. The Kier molecular flexibility index (Phi) is 4.17. The molecule has 0 aromatic heterocycles. The summed E-state index contributed by atoms with van der Waals surface area (Å²) < 4.78 is 10.7. The Morgan fingerprint density at radius 2 is 1.70 bits per heavy atom. The summed E-state index contributed by atoms with van der Waals surface area (Å²) in [4.78, 5) is 33.0. The lowest BCUT2D eigenvalue weighted by atomic mass is 9.93. The number of hydrogen-bond donors (Lipinski definition) is 0. The first-order valence-corrected chi connectivity index (χ1v) is 9.45. The van der Waals surface area contributed by atoms with Crippen molar-refractivity contribution in [2.45, 2.75) is 6.10 Å². The molecule has 3 aromatic carbocycles. The lowest BCUT2D eigenvalue weighted by Gasteiger charge is -2.16. The van der Waals surface area contributed by atoms with E-state index >= 15 is 0 Å². The Labute approximate surface area is 172 Å². The lowest BCUT2D eigenvalue weighted by Crippen LogP contribution is -2.33. The third-order valence-corrected chi connectivity index (χ3v) is 5.49. The van der Waals surface area contributed by atoms with E-state index in [9.17, 15) is 9.59 Å². The van der Waals surface area contributed by atoms with Crippen LogP contribution in [0.5, 0.6) is 11.5 Å². The molecule has 7 nitrogen and oxygen atoms in total. The Morgan fingerprint density at radius 3 is 2.47 bits per heavy atom. The van der Waals surface area contributed by atoms with Crippen LogP contribution in [0.15, 0.2) is 65.8 Å². The zero-order valence-electron chi connectivity index (χ0n) is 16.4. The van der Waals surface area contributed by atoms with Crippen LogP contribution < -0.4 is 14.4 Å². The summed E-state index contributed by atoms with van der Waals surface area (Å²) in [6, 6.07) is 18.5.